The third kappa shape index (κ3) is 3.80. The number of alkyl halides is 2. The van der Waals surface area contributed by atoms with Crippen LogP contribution in [0.1, 0.15) is 19.8 Å². The van der Waals surface area contributed by atoms with Gasteiger partial charge in [-0.05, 0) is 38.9 Å². The first-order chi connectivity index (χ1) is 9.06. The summed E-state index contributed by atoms with van der Waals surface area (Å²) in [4.78, 5) is 2.31. The van der Waals surface area contributed by atoms with Crippen LogP contribution in [-0.4, -0.2) is 37.2 Å². The lowest BCUT2D eigenvalue weighted by Crippen LogP contribution is -2.42. The molecule has 0 aliphatic carbocycles. The summed E-state index contributed by atoms with van der Waals surface area (Å²) in [6.45, 7) is 0.394. The highest BCUT2D eigenvalue weighted by Gasteiger charge is 2.23. The summed E-state index contributed by atoms with van der Waals surface area (Å²) in [7, 11) is 2.11. The van der Waals surface area contributed by atoms with Crippen LogP contribution in [0, 0.1) is 0 Å². The van der Waals surface area contributed by atoms with E-state index in [0.717, 1.165) is 19.4 Å². The van der Waals surface area contributed by atoms with Gasteiger partial charge in [0.1, 0.15) is 5.75 Å². The predicted octanol–water partition coefficient (Wildman–Crippen LogP) is 3.18. The molecule has 5 heteroatoms. The second-order valence-electron chi connectivity index (χ2n) is 5.07. The molecule has 0 saturated carbocycles. The lowest BCUT2D eigenvalue weighted by molar-refractivity contribution is -0.0494. The largest absolute Gasteiger partial charge is 0.433 e. The van der Waals surface area contributed by atoms with Gasteiger partial charge in [0.15, 0.2) is 0 Å². The fourth-order valence-corrected chi connectivity index (χ4v) is 2.43. The van der Waals surface area contributed by atoms with Gasteiger partial charge in [0.05, 0.1) is 5.69 Å². The molecular weight excluding hydrogens is 250 g/mol. The van der Waals surface area contributed by atoms with Crippen molar-refractivity contribution in [2.24, 2.45) is 0 Å². The first-order valence-electron chi connectivity index (χ1n) is 6.57. The van der Waals surface area contributed by atoms with E-state index in [1.165, 1.54) is 0 Å². The number of piperidine rings is 1. The molecule has 1 heterocycles. The fraction of sp³-hybridized carbons (Fsp3) is 0.571. The summed E-state index contributed by atoms with van der Waals surface area (Å²) in [6, 6.07) is 7.65. The van der Waals surface area contributed by atoms with Crippen molar-refractivity contribution in [1.82, 2.24) is 4.90 Å². The molecule has 0 amide bonds. The Balaban J connectivity index is 2.02. The Kier molecular flexibility index (Phi) is 4.58. The topological polar surface area (TPSA) is 24.5 Å². The van der Waals surface area contributed by atoms with E-state index in [9.17, 15) is 8.78 Å². The lowest BCUT2D eigenvalue weighted by Gasteiger charge is -2.36. The van der Waals surface area contributed by atoms with E-state index >= 15 is 0 Å². The van der Waals surface area contributed by atoms with Crippen molar-refractivity contribution in [3.63, 3.8) is 0 Å². The van der Waals surface area contributed by atoms with Gasteiger partial charge < -0.3 is 15.0 Å². The molecule has 1 aliphatic rings. The van der Waals surface area contributed by atoms with Crippen molar-refractivity contribution in [3.8, 4) is 5.75 Å². The Labute approximate surface area is 112 Å². The highest BCUT2D eigenvalue weighted by atomic mass is 19.3. The van der Waals surface area contributed by atoms with E-state index in [2.05, 4.69) is 28.9 Å². The maximum absolute atomic E-state index is 12.3. The van der Waals surface area contributed by atoms with Gasteiger partial charge in [-0.25, -0.2) is 0 Å². The molecule has 1 aromatic rings. The second kappa shape index (κ2) is 6.19. The van der Waals surface area contributed by atoms with Crippen LogP contribution in [-0.2, 0) is 0 Å². The van der Waals surface area contributed by atoms with E-state index in [1.807, 2.05) is 6.07 Å². The van der Waals surface area contributed by atoms with Crippen LogP contribution in [0.2, 0.25) is 0 Å². The number of nitrogens with zero attached hydrogens (tertiary/aromatic N) is 1. The lowest BCUT2D eigenvalue weighted by atomic mass is 9.98. The Hall–Kier alpha value is -1.36. The van der Waals surface area contributed by atoms with Crippen LogP contribution in [0.15, 0.2) is 24.3 Å². The predicted molar refractivity (Wildman–Crippen MR) is 71.8 cm³/mol. The van der Waals surface area contributed by atoms with Gasteiger partial charge in [-0.1, -0.05) is 12.1 Å². The van der Waals surface area contributed by atoms with Crippen molar-refractivity contribution in [3.05, 3.63) is 24.3 Å². The Morgan fingerprint density at radius 2 is 2.11 bits per heavy atom. The second-order valence-corrected chi connectivity index (χ2v) is 5.07. The third-order valence-electron chi connectivity index (χ3n) is 3.67. The molecule has 106 valence electrons. The molecule has 2 rings (SSSR count). The number of nitrogens with one attached hydrogen (secondary N) is 1. The van der Waals surface area contributed by atoms with E-state index in [1.54, 1.807) is 18.2 Å². The number of ether oxygens (including phenoxy) is 1. The van der Waals surface area contributed by atoms with Gasteiger partial charge in [-0.15, -0.1) is 0 Å². The molecule has 0 spiro atoms. The van der Waals surface area contributed by atoms with Crippen LogP contribution >= 0.6 is 0 Å². The minimum absolute atomic E-state index is 0.212. The smallest absolute Gasteiger partial charge is 0.387 e. The molecule has 3 nitrogen and oxygen atoms in total. The molecule has 1 saturated heterocycles. The van der Waals surface area contributed by atoms with Gasteiger partial charge in [0, 0.05) is 18.6 Å². The molecule has 0 radical (unpaired) electrons. The summed E-state index contributed by atoms with van der Waals surface area (Å²) in [5, 5.41) is 3.32. The van der Waals surface area contributed by atoms with E-state index in [-0.39, 0.29) is 5.75 Å². The highest BCUT2D eigenvalue weighted by Crippen LogP contribution is 2.28. The van der Waals surface area contributed by atoms with Crippen LogP contribution in [0.4, 0.5) is 14.5 Å². The summed E-state index contributed by atoms with van der Waals surface area (Å²) < 4.78 is 29.2. The number of rotatable bonds is 4. The Morgan fingerprint density at radius 1 is 1.37 bits per heavy atom. The van der Waals surface area contributed by atoms with Gasteiger partial charge in [0.2, 0.25) is 0 Å². The highest BCUT2D eigenvalue weighted by molar-refractivity contribution is 5.56. The van der Waals surface area contributed by atoms with Crippen molar-refractivity contribution in [1.29, 1.82) is 0 Å². The van der Waals surface area contributed by atoms with Gasteiger partial charge in [-0.3, -0.25) is 0 Å². The number of hydrogen-bond acceptors (Lipinski definition) is 3. The number of anilines is 1. The van der Waals surface area contributed by atoms with Crippen molar-refractivity contribution in [2.75, 3.05) is 18.9 Å². The fourth-order valence-electron chi connectivity index (χ4n) is 2.43. The average molecular weight is 270 g/mol. The van der Waals surface area contributed by atoms with E-state index in [0.29, 0.717) is 17.8 Å². The van der Waals surface area contributed by atoms with Crippen molar-refractivity contribution < 1.29 is 13.5 Å². The zero-order chi connectivity index (χ0) is 13.8. The standard InChI is InChI=1S/C14H20F2N2O/c1-10-9-11(7-8-18(10)2)17-12-5-3-4-6-13(12)19-14(15)16/h3-6,10-11,14,17H,7-9H2,1-2H3. The van der Waals surface area contributed by atoms with Gasteiger partial charge in [-0.2, -0.15) is 8.78 Å². The SMILES string of the molecule is CC1CC(Nc2ccccc2OC(F)F)CCN1C. The quantitative estimate of drug-likeness (QED) is 0.909. The molecule has 1 N–H and O–H groups in total. The van der Waals surface area contributed by atoms with Crippen molar-refractivity contribution >= 4 is 5.69 Å². The van der Waals surface area contributed by atoms with Crippen LogP contribution in [0.5, 0.6) is 5.75 Å². The Morgan fingerprint density at radius 3 is 2.79 bits per heavy atom. The molecule has 1 aliphatic heterocycles. The normalized spacial score (nSPS) is 24.5. The van der Waals surface area contributed by atoms with Crippen LogP contribution in [0.25, 0.3) is 0 Å². The van der Waals surface area contributed by atoms with Crippen molar-refractivity contribution in [2.45, 2.75) is 38.5 Å². The first kappa shape index (κ1) is 14.1. The molecule has 1 aromatic carbocycles. The summed E-state index contributed by atoms with van der Waals surface area (Å²) in [6.07, 6.45) is 2.00. The molecule has 0 bridgehead atoms. The summed E-state index contributed by atoms with van der Waals surface area (Å²) in [5.74, 6) is 0.212. The minimum atomic E-state index is -2.79. The molecule has 0 aromatic heterocycles. The average Bonchev–Trinajstić information content (AvgIpc) is 2.36. The Bertz CT molecular complexity index is 414. The van der Waals surface area contributed by atoms with Gasteiger partial charge >= 0.3 is 6.61 Å². The molecule has 2 atom stereocenters. The number of hydrogen-bond donors (Lipinski definition) is 1. The number of benzene rings is 1. The monoisotopic (exact) mass is 270 g/mol. The van der Waals surface area contributed by atoms with E-state index in [4.69, 9.17) is 0 Å². The summed E-state index contributed by atoms with van der Waals surface area (Å²) in [5.41, 5.74) is 0.643. The van der Waals surface area contributed by atoms with Crippen LogP contribution in [0.3, 0.4) is 0 Å². The van der Waals surface area contributed by atoms with Crippen LogP contribution < -0.4 is 10.1 Å². The first-order valence-corrected chi connectivity index (χ1v) is 6.57. The maximum atomic E-state index is 12.3. The molecule has 2 unspecified atom stereocenters. The van der Waals surface area contributed by atoms with E-state index < -0.39 is 6.61 Å². The number of likely N-dealkylation sites (tertiary alicyclic amines) is 1. The summed E-state index contributed by atoms with van der Waals surface area (Å²) >= 11 is 0. The van der Waals surface area contributed by atoms with Gasteiger partial charge in [0.25, 0.3) is 0 Å². The minimum Gasteiger partial charge on any atom is -0.433 e. The molecule has 19 heavy (non-hydrogen) atoms. The molecular formula is C14H20F2N2O. The maximum Gasteiger partial charge on any atom is 0.387 e. The zero-order valence-electron chi connectivity index (χ0n) is 11.3. The third-order valence-corrected chi connectivity index (χ3v) is 3.67. The number of para-hydroxylation sites is 2. The number of halogens is 2. The molecule has 1 fully saturated rings. The zero-order valence-corrected chi connectivity index (χ0v) is 11.3.